The number of rotatable bonds is 2. The summed E-state index contributed by atoms with van der Waals surface area (Å²) < 4.78 is 0. The second kappa shape index (κ2) is 4.58. The van der Waals surface area contributed by atoms with Crippen molar-refractivity contribution in [1.29, 1.82) is 0 Å². The van der Waals surface area contributed by atoms with Crippen molar-refractivity contribution in [2.45, 2.75) is 6.92 Å². The van der Waals surface area contributed by atoms with Crippen LogP contribution in [0.2, 0.25) is 0 Å². The molecule has 50 valence electrons. The van der Waals surface area contributed by atoms with Crippen LogP contribution in [0, 0.1) is 0 Å². The highest BCUT2D eigenvalue weighted by atomic mass is 35.5. The van der Waals surface area contributed by atoms with E-state index in [1.54, 1.807) is 0 Å². The maximum atomic E-state index is 10.2. The predicted molar refractivity (Wildman–Crippen MR) is 38.3 cm³/mol. The van der Waals surface area contributed by atoms with Gasteiger partial charge in [-0.05, 0) is 17.0 Å². The van der Waals surface area contributed by atoms with E-state index in [4.69, 9.17) is 11.6 Å². The highest BCUT2D eigenvalue weighted by Crippen LogP contribution is 2.02. The maximum absolute atomic E-state index is 10.2. The van der Waals surface area contributed by atoms with E-state index in [1.807, 2.05) is 0 Å². The van der Waals surface area contributed by atoms with Crippen molar-refractivity contribution in [1.82, 2.24) is 0 Å². The van der Waals surface area contributed by atoms with E-state index >= 15 is 0 Å². The van der Waals surface area contributed by atoms with Gasteiger partial charge in [0.05, 0.1) is 0 Å². The number of allylic oxidation sites excluding steroid dienone is 1. The molecule has 0 aliphatic heterocycles. The van der Waals surface area contributed by atoms with Gasteiger partial charge in [0.15, 0.2) is 5.12 Å². The lowest BCUT2D eigenvalue weighted by molar-refractivity contribution is -0.109. The Morgan fingerprint density at radius 1 is 1.56 bits per heavy atom. The molecule has 0 aliphatic carbocycles. The molecule has 0 heterocycles. The number of hydrogen-bond acceptors (Lipinski definition) is 3. The van der Waals surface area contributed by atoms with Gasteiger partial charge in [-0.2, -0.15) is 0 Å². The number of carbonyl (C=O) groups excluding carboxylic acids is 2. The van der Waals surface area contributed by atoms with Crippen molar-refractivity contribution in [2.24, 2.45) is 0 Å². The molecule has 0 spiro atoms. The molecule has 0 bridgehead atoms. The molecule has 2 nitrogen and oxygen atoms in total. The molecule has 0 fully saturated rings. The van der Waals surface area contributed by atoms with E-state index in [0.717, 1.165) is 17.8 Å². The van der Waals surface area contributed by atoms with E-state index in [-0.39, 0.29) is 5.12 Å². The largest absolute Gasteiger partial charge is 0.287 e. The number of hydrogen-bond donors (Lipinski definition) is 0. The summed E-state index contributed by atoms with van der Waals surface area (Å²) in [5, 5.41) is 0.727. The van der Waals surface area contributed by atoms with Crippen LogP contribution in [0.25, 0.3) is 0 Å². The van der Waals surface area contributed by atoms with Crippen molar-refractivity contribution < 1.29 is 9.59 Å². The fourth-order valence-electron chi connectivity index (χ4n) is 0.183. The van der Waals surface area contributed by atoms with Gasteiger partial charge in [-0.25, -0.2) is 0 Å². The van der Waals surface area contributed by atoms with Gasteiger partial charge in [-0.3, -0.25) is 9.59 Å². The fourth-order valence-corrected chi connectivity index (χ4v) is 0.704. The van der Waals surface area contributed by atoms with Crippen molar-refractivity contribution in [3.8, 4) is 0 Å². The minimum absolute atomic E-state index is 0.0656. The molecule has 0 amide bonds. The highest BCUT2D eigenvalue weighted by molar-refractivity contribution is 8.16. The second-order valence-electron chi connectivity index (χ2n) is 1.22. The monoisotopic (exact) mass is 164 g/mol. The van der Waals surface area contributed by atoms with E-state index in [1.165, 1.54) is 12.3 Å². The Morgan fingerprint density at radius 3 is 2.44 bits per heavy atom. The zero-order chi connectivity index (χ0) is 7.28. The summed E-state index contributed by atoms with van der Waals surface area (Å²) in [5.41, 5.74) is 0. The van der Waals surface area contributed by atoms with Crippen LogP contribution in [0.15, 0.2) is 11.5 Å². The van der Waals surface area contributed by atoms with Crippen molar-refractivity contribution in [3.05, 3.63) is 11.5 Å². The van der Waals surface area contributed by atoms with Crippen molar-refractivity contribution in [3.63, 3.8) is 0 Å². The van der Waals surface area contributed by atoms with E-state index in [9.17, 15) is 9.59 Å². The normalized spacial score (nSPS) is 10.0. The molecule has 0 radical (unpaired) electrons. The zero-order valence-corrected chi connectivity index (χ0v) is 6.33. The van der Waals surface area contributed by atoms with Crippen LogP contribution in [0.1, 0.15) is 6.92 Å². The molecule has 0 aromatic heterocycles. The summed E-state index contributed by atoms with van der Waals surface area (Å²) in [5.74, 6) is 0. The topological polar surface area (TPSA) is 34.1 Å². The Bertz CT molecular complexity index is 153. The molecule has 0 unspecified atom stereocenters. The Morgan fingerprint density at radius 2 is 2.11 bits per heavy atom. The molecule has 0 saturated carbocycles. The summed E-state index contributed by atoms with van der Waals surface area (Å²) in [6.45, 7) is 1.41. The van der Waals surface area contributed by atoms with Crippen LogP contribution in [0.4, 0.5) is 0 Å². The highest BCUT2D eigenvalue weighted by Gasteiger charge is 1.88. The summed E-state index contributed by atoms with van der Waals surface area (Å²) in [4.78, 5) is 20.2. The average Bonchev–Trinajstić information content (AvgIpc) is 1.63. The third-order valence-electron chi connectivity index (χ3n) is 0.433. The van der Waals surface area contributed by atoms with Gasteiger partial charge in [0, 0.05) is 13.0 Å². The molecule has 0 aliphatic rings. The van der Waals surface area contributed by atoms with Gasteiger partial charge in [-0.15, -0.1) is 0 Å². The van der Waals surface area contributed by atoms with Crippen molar-refractivity contribution >= 4 is 33.7 Å². The third-order valence-corrected chi connectivity index (χ3v) is 1.16. The molecule has 0 N–H and O–H groups in total. The minimum atomic E-state index is -0.566. The van der Waals surface area contributed by atoms with Crippen LogP contribution in [-0.4, -0.2) is 10.4 Å². The van der Waals surface area contributed by atoms with E-state index in [2.05, 4.69) is 0 Å². The summed E-state index contributed by atoms with van der Waals surface area (Å²) in [6, 6.07) is 0. The number of halogens is 1. The van der Waals surface area contributed by atoms with Crippen LogP contribution in [0.5, 0.6) is 0 Å². The molecule has 0 aromatic rings. The fraction of sp³-hybridized carbons (Fsp3) is 0.200. The predicted octanol–water partition coefficient (Wildman–Crippen LogP) is 1.55. The molecule has 0 saturated heterocycles. The Balaban J connectivity index is 3.48. The number of carbonyl (C=O) groups is 2. The molecule has 0 atom stereocenters. The van der Waals surface area contributed by atoms with Crippen LogP contribution in [-0.2, 0) is 9.59 Å². The van der Waals surface area contributed by atoms with Crippen LogP contribution < -0.4 is 0 Å². The first-order valence-electron chi connectivity index (χ1n) is 2.16. The molecule has 0 aromatic carbocycles. The molecule has 4 heteroatoms. The first-order chi connectivity index (χ1) is 4.13. The average molecular weight is 165 g/mol. The Labute approximate surface area is 62.3 Å². The summed E-state index contributed by atoms with van der Waals surface area (Å²) >= 11 is 5.85. The van der Waals surface area contributed by atoms with Crippen LogP contribution in [0.3, 0.4) is 0 Å². The lowest BCUT2D eigenvalue weighted by atomic mass is 10.7. The van der Waals surface area contributed by atoms with Gasteiger partial charge < -0.3 is 0 Å². The molecular formula is C5H5ClO2S. The lowest BCUT2D eigenvalue weighted by Gasteiger charge is -1.79. The van der Waals surface area contributed by atoms with Crippen LogP contribution >= 0.6 is 23.4 Å². The standard InChI is InChI=1S/C5H5ClO2S/c1-4(7)9-3-2-5(6)8/h2-3H,1H3. The van der Waals surface area contributed by atoms with Gasteiger partial charge in [0.2, 0.25) is 5.24 Å². The molecule has 9 heavy (non-hydrogen) atoms. The SMILES string of the molecule is CC(=O)SC=CC(=O)Cl. The van der Waals surface area contributed by atoms with Crippen molar-refractivity contribution in [2.75, 3.05) is 0 Å². The van der Waals surface area contributed by atoms with Gasteiger partial charge in [-0.1, -0.05) is 11.8 Å². The first kappa shape index (κ1) is 8.72. The Hall–Kier alpha value is -0.280. The Kier molecular flexibility index (Phi) is 4.44. The molecular weight excluding hydrogens is 160 g/mol. The quantitative estimate of drug-likeness (QED) is 0.459. The summed E-state index contributed by atoms with van der Waals surface area (Å²) in [7, 11) is 0. The third kappa shape index (κ3) is 7.72. The van der Waals surface area contributed by atoms with Gasteiger partial charge >= 0.3 is 0 Å². The maximum Gasteiger partial charge on any atom is 0.245 e. The minimum Gasteiger partial charge on any atom is -0.287 e. The van der Waals surface area contributed by atoms with E-state index < -0.39 is 5.24 Å². The first-order valence-corrected chi connectivity index (χ1v) is 3.42. The zero-order valence-electron chi connectivity index (χ0n) is 4.76. The van der Waals surface area contributed by atoms with Gasteiger partial charge in [0.25, 0.3) is 0 Å². The second-order valence-corrected chi connectivity index (χ2v) is 2.67. The number of thioether (sulfide) groups is 1. The summed E-state index contributed by atoms with van der Waals surface area (Å²) in [6.07, 6.45) is 1.13. The van der Waals surface area contributed by atoms with E-state index in [0.29, 0.717) is 0 Å². The smallest absolute Gasteiger partial charge is 0.245 e. The van der Waals surface area contributed by atoms with Gasteiger partial charge in [0.1, 0.15) is 0 Å². The molecule has 0 rings (SSSR count). The lowest BCUT2D eigenvalue weighted by Crippen LogP contribution is -1.77.